The molecule has 1 aliphatic heterocycles. The molecular formula is C15H22N2O4S. The van der Waals surface area contributed by atoms with Crippen molar-refractivity contribution < 1.29 is 17.9 Å². The molecule has 1 saturated heterocycles. The van der Waals surface area contributed by atoms with Crippen LogP contribution in [0.15, 0.2) is 29.2 Å². The van der Waals surface area contributed by atoms with Gasteiger partial charge in [-0.05, 0) is 24.1 Å². The highest BCUT2D eigenvalue weighted by Gasteiger charge is 2.26. The third-order valence-electron chi connectivity index (χ3n) is 3.32. The van der Waals surface area contributed by atoms with E-state index < -0.39 is 10.0 Å². The summed E-state index contributed by atoms with van der Waals surface area (Å²) in [5, 5.41) is 2.74. The lowest BCUT2D eigenvalue weighted by Crippen LogP contribution is -2.40. The van der Waals surface area contributed by atoms with E-state index in [0.717, 1.165) is 0 Å². The van der Waals surface area contributed by atoms with Crippen LogP contribution in [0, 0.1) is 5.92 Å². The van der Waals surface area contributed by atoms with E-state index >= 15 is 0 Å². The van der Waals surface area contributed by atoms with Crippen molar-refractivity contribution in [2.75, 3.05) is 31.6 Å². The first-order valence-electron chi connectivity index (χ1n) is 7.37. The van der Waals surface area contributed by atoms with Crippen LogP contribution in [0.3, 0.4) is 0 Å². The Balaban J connectivity index is 2.15. The number of hydrogen-bond donors (Lipinski definition) is 1. The number of nitrogens with one attached hydrogen (secondary N) is 1. The maximum Gasteiger partial charge on any atom is 0.243 e. The predicted octanol–water partition coefficient (Wildman–Crippen LogP) is 1.69. The molecule has 1 heterocycles. The van der Waals surface area contributed by atoms with Gasteiger partial charge < -0.3 is 10.1 Å². The third-order valence-corrected chi connectivity index (χ3v) is 5.21. The quantitative estimate of drug-likeness (QED) is 0.893. The van der Waals surface area contributed by atoms with Crippen molar-refractivity contribution in [2.24, 2.45) is 5.92 Å². The van der Waals surface area contributed by atoms with Gasteiger partial charge in [0, 0.05) is 25.2 Å². The average molecular weight is 326 g/mol. The number of rotatable bonds is 5. The van der Waals surface area contributed by atoms with E-state index in [2.05, 4.69) is 5.32 Å². The third kappa shape index (κ3) is 4.28. The molecule has 1 amide bonds. The van der Waals surface area contributed by atoms with Crippen LogP contribution in [0.25, 0.3) is 0 Å². The van der Waals surface area contributed by atoms with E-state index in [9.17, 15) is 13.2 Å². The Labute approximate surface area is 131 Å². The first-order chi connectivity index (χ1) is 10.4. The Morgan fingerprint density at radius 3 is 2.64 bits per heavy atom. The average Bonchev–Trinajstić information content (AvgIpc) is 2.47. The normalized spacial score (nSPS) is 16.7. The number of ether oxygens (including phenoxy) is 1. The number of nitrogens with zero attached hydrogens (tertiary/aromatic N) is 1. The molecule has 0 atom stereocenters. The fourth-order valence-corrected chi connectivity index (χ4v) is 3.71. The molecular weight excluding hydrogens is 304 g/mol. The van der Waals surface area contributed by atoms with Gasteiger partial charge in [-0.2, -0.15) is 4.31 Å². The second-order valence-electron chi connectivity index (χ2n) is 5.69. The first-order valence-corrected chi connectivity index (χ1v) is 8.81. The Bertz CT molecular complexity index is 622. The van der Waals surface area contributed by atoms with E-state index in [1.54, 1.807) is 18.2 Å². The first kappa shape index (κ1) is 16.9. The SMILES string of the molecule is CC(C)CC(=O)Nc1cccc(S(=O)(=O)N2CCOCC2)c1. The Morgan fingerprint density at radius 1 is 1.32 bits per heavy atom. The molecule has 1 aromatic rings. The van der Waals surface area contributed by atoms with Crippen molar-refractivity contribution in [3.8, 4) is 0 Å². The van der Waals surface area contributed by atoms with Gasteiger partial charge in [0.2, 0.25) is 15.9 Å². The van der Waals surface area contributed by atoms with Crippen LogP contribution < -0.4 is 5.32 Å². The standard InChI is InChI=1S/C15H22N2O4S/c1-12(2)10-15(18)16-13-4-3-5-14(11-13)22(19,20)17-6-8-21-9-7-17/h3-5,11-12H,6-10H2,1-2H3,(H,16,18). The van der Waals surface area contributed by atoms with Gasteiger partial charge in [-0.1, -0.05) is 19.9 Å². The number of sulfonamides is 1. The molecule has 0 bridgehead atoms. The van der Waals surface area contributed by atoms with Crippen molar-refractivity contribution in [3.05, 3.63) is 24.3 Å². The summed E-state index contributed by atoms with van der Waals surface area (Å²) < 4.78 is 31.7. The summed E-state index contributed by atoms with van der Waals surface area (Å²) in [4.78, 5) is 12.0. The number of carbonyl (C=O) groups excluding carboxylic acids is 1. The second kappa shape index (κ2) is 7.21. The topological polar surface area (TPSA) is 75.7 Å². The fraction of sp³-hybridized carbons (Fsp3) is 0.533. The highest BCUT2D eigenvalue weighted by atomic mass is 32.2. The summed E-state index contributed by atoms with van der Waals surface area (Å²) in [7, 11) is -3.54. The summed E-state index contributed by atoms with van der Waals surface area (Å²) in [6.07, 6.45) is 0.403. The molecule has 7 heteroatoms. The van der Waals surface area contributed by atoms with E-state index in [1.807, 2.05) is 13.8 Å². The van der Waals surface area contributed by atoms with Gasteiger partial charge in [-0.15, -0.1) is 0 Å². The van der Waals surface area contributed by atoms with Crippen molar-refractivity contribution in [1.29, 1.82) is 0 Å². The second-order valence-corrected chi connectivity index (χ2v) is 7.63. The lowest BCUT2D eigenvalue weighted by Gasteiger charge is -2.26. The minimum absolute atomic E-state index is 0.115. The monoisotopic (exact) mass is 326 g/mol. The van der Waals surface area contributed by atoms with E-state index in [0.29, 0.717) is 38.4 Å². The molecule has 122 valence electrons. The number of amides is 1. The summed E-state index contributed by atoms with van der Waals surface area (Å²) in [6, 6.07) is 6.38. The van der Waals surface area contributed by atoms with Gasteiger partial charge in [0.15, 0.2) is 0 Å². The van der Waals surface area contributed by atoms with E-state index in [-0.39, 0.29) is 16.7 Å². The van der Waals surface area contributed by atoms with Gasteiger partial charge in [0.25, 0.3) is 0 Å². The van der Waals surface area contributed by atoms with Gasteiger partial charge in [0.05, 0.1) is 18.1 Å². The number of carbonyl (C=O) groups is 1. The summed E-state index contributed by atoms with van der Waals surface area (Å²) in [5.74, 6) is 0.135. The molecule has 0 aliphatic carbocycles. The summed E-state index contributed by atoms with van der Waals surface area (Å²) >= 11 is 0. The molecule has 6 nitrogen and oxygen atoms in total. The Hall–Kier alpha value is -1.44. The zero-order valence-corrected chi connectivity index (χ0v) is 13.7. The lowest BCUT2D eigenvalue weighted by atomic mass is 10.1. The number of anilines is 1. The molecule has 0 radical (unpaired) electrons. The zero-order chi connectivity index (χ0) is 16.2. The summed E-state index contributed by atoms with van der Waals surface area (Å²) in [5.41, 5.74) is 0.500. The van der Waals surface area contributed by atoms with Crippen LogP contribution in [-0.4, -0.2) is 44.9 Å². The van der Waals surface area contributed by atoms with Gasteiger partial charge >= 0.3 is 0 Å². The zero-order valence-electron chi connectivity index (χ0n) is 12.9. The van der Waals surface area contributed by atoms with Crippen LogP contribution >= 0.6 is 0 Å². The van der Waals surface area contributed by atoms with Crippen LogP contribution in [0.4, 0.5) is 5.69 Å². The molecule has 1 N–H and O–H groups in total. The molecule has 1 aromatic carbocycles. The van der Waals surface area contributed by atoms with Crippen molar-refractivity contribution in [1.82, 2.24) is 4.31 Å². The summed E-state index contributed by atoms with van der Waals surface area (Å²) in [6.45, 7) is 5.43. The maximum absolute atomic E-state index is 12.6. The number of morpholine rings is 1. The minimum atomic E-state index is -3.54. The fourth-order valence-electron chi connectivity index (χ4n) is 2.25. The molecule has 22 heavy (non-hydrogen) atoms. The highest BCUT2D eigenvalue weighted by molar-refractivity contribution is 7.89. The molecule has 1 fully saturated rings. The number of benzene rings is 1. The minimum Gasteiger partial charge on any atom is -0.379 e. The van der Waals surface area contributed by atoms with E-state index in [1.165, 1.54) is 10.4 Å². The largest absolute Gasteiger partial charge is 0.379 e. The van der Waals surface area contributed by atoms with Crippen LogP contribution in [-0.2, 0) is 19.6 Å². The number of hydrogen-bond acceptors (Lipinski definition) is 4. The molecule has 0 unspecified atom stereocenters. The van der Waals surface area contributed by atoms with Crippen LogP contribution in [0.2, 0.25) is 0 Å². The van der Waals surface area contributed by atoms with Crippen molar-refractivity contribution >= 4 is 21.6 Å². The lowest BCUT2D eigenvalue weighted by molar-refractivity contribution is -0.116. The predicted molar refractivity (Wildman–Crippen MR) is 84.1 cm³/mol. The highest BCUT2D eigenvalue weighted by Crippen LogP contribution is 2.20. The molecule has 2 rings (SSSR count). The van der Waals surface area contributed by atoms with E-state index in [4.69, 9.17) is 4.74 Å². The van der Waals surface area contributed by atoms with Crippen LogP contribution in [0.5, 0.6) is 0 Å². The van der Waals surface area contributed by atoms with Gasteiger partial charge in [-0.3, -0.25) is 4.79 Å². The van der Waals surface area contributed by atoms with Crippen LogP contribution in [0.1, 0.15) is 20.3 Å². The Morgan fingerprint density at radius 2 is 2.00 bits per heavy atom. The Kier molecular flexibility index (Phi) is 5.55. The maximum atomic E-state index is 12.6. The van der Waals surface area contributed by atoms with Crippen molar-refractivity contribution in [2.45, 2.75) is 25.2 Å². The van der Waals surface area contributed by atoms with Gasteiger partial charge in [-0.25, -0.2) is 8.42 Å². The molecule has 1 aliphatic rings. The van der Waals surface area contributed by atoms with Gasteiger partial charge in [0.1, 0.15) is 0 Å². The molecule has 0 aromatic heterocycles. The molecule has 0 saturated carbocycles. The molecule has 0 spiro atoms. The smallest absolute Gasteiger partial charge is 0.243 e. The van der Waals surface area contributed by atoms with Crippen molar-refractivity contribution in [3.63, 3.8) is 0 Å².